The number of benzene rings is 1. The lowest BCUT2D eigenvalue weighted by molar-refractivity contribution is 0.0996. The highest BCUT2D eigenvalue weighted by Crippen LogP contribution is 2.16. The number of carbonyl (C=O) groups is 1. The van der Waals surface area contributed by atoms with Gasteiger partial charge in [-0.1, -0.05) is 12.1 Å². The molecule has 4 heteroatoms. The van der Waals surface area contributed by atoms with Crippen LogP contribution in [0.5, 0.6) is 5.75 Å². The van der Waals surface area contributed by atoms with Crippen molar-refractivity contribution in [2.45, 2.75) is 0 Å². The van der Waals surface area contributed by atoms with E-state index >= 15 is 0 Å². The average molecular weight is 166 g/mol. The zero-order chi connectivity index (χ0) is 8.97. The predicted molar refractivity (Wildman–Crippen MR) is 44.6 cm³/mol. The first-order chi connectivity index (χ1) is 5.75. The molecule has 1 rings (SSSR count). The number of amides is 1. The lowest BCUT2D eigenvalue weighted by Gasteiger charge is -2.05. The Kier molecular flexibility index (Phi) is 2.66. The fraction of sp³-hybridized carbons (Fsp3) is 0.125. The third-order valence-corrected chi connectivity index (χ3v) is 1.39. The number of hydrogen-bond donors (Lipinski definition) is 2. The van der Waals surface area contributed by atoms with E-state index in [4.69, 9.17) is 16.2 Å². The minimum atomic E-state index is -0.515. The van der Waals surface area contributed by atoms with Gasteiger partial charge in [0, 0.05) is 0 Å². The topological polar surface area (TPSA) is 78.3 Å². The maximum Gasteiger partial charge on any atom is 0.252 e. The quantitative estimate of drug-likeness (QED) is 0.624. The van der Waals surface area contributed by atoms with Crippen molar-refractivity contribution in [3.05, 3.63) is 29.8 Å². The van der Waals surface area contributed by atoms with Gasteiger partial charge in [0.1, 0.15) is 12.5 Å². The number of nitrogens with two attached hydrogens (primary N) is 2. The number of para-hydroxylation sites is 1. The van der Waals surface area contributed by atoms with E-state index in [1.54, 1.807) is 24.3 Å². The summed E-state index contributed by atoms with van der Waals surface area (Å²) >= 11 is 0. The molecule has 0 bridgehead atoms. The summed E-state index contributed by atoms with van der Waals surface area (Å²) in [6.07, 6.45) is 0. The lowest BCUT2D eigenvalue weighted by atomic mass is 10.2. The van der Waals surface area contributed by atoms with Gasteiger partial charge in [-0.15, -0.1) is 0 Å². The molecule has 1 aromatic rings. The van der Waals surface area contributed by atoms with Crippen LogP contribution in [0.15, 0.2) is 24.3 Å². The zero-order valence-corrected chi connectivity index (χ0v) is 6.49. The van der Waals surface area contributed by atoms with E-state index in [1.165, 1.54) is 0 Å². The zero-order valence-electron chi connectivity index (χ0n) is 6.49. The minimum Gasteiger partial charge on any atom is -0.478 e. The summed E-state index contributed by atoms with van der Waals surface area (Å²) in [7, 11) is 0. The summed E-state index contributed by atoms with van der Waals surface area (Å²) in [6.45, 7) is 0.0320. The molecule has 0 aliphatic heterocycles. The molecule has 4 N–H and O–H groups in total. The van der Waals surface area contributed by atoms with Crippen molar-refractivity contribution in [3.8, 4) is 5.75 Å². The summed E-state index contributed by atoms with van der Waals surface area (Å²) in [6, 6.07) is 6.70. The third-order valence-electron chi connectivity index (χ3n) is 1.39. The van der Waals surface area contributed by atoms with Crippen LogP contribution in [-0.4, -0.2) is 12.6 Å². The largest absolute Gasteiger partial charge is 0.478 e. The van der Waals surface area contributed by atoms with E-state index in [0.717, 1.165) is 0 Å². The molecule has 0 aliphatic rings. The molecule has 0 saturated carbocycles. The summed E-state index contributed by atoms with van der Waals surface area (Å²) in [4.78, 5) is 10.8. The van der Waals surface area contributed by atoms with Crippen molar-refractivity contribution < 1.29 is 9.53 Å². The highest BCUT2D eigenvalue weighted by Gasteiger charge is 2.06. The van der Waals surface area contributed by atoms with Crippen LogP contribution in [-0.2, 0) is 0 Å². The number of rotatable bonds is 3. The smallest absolute Gasteiger partial charge is 0.252 e. The van der Waals surface area contributed by atoms with E-state index in [0.29, 0.717) is 11.3 Å². The average Bonchev–Trinajstić information content (AvgIpc) is 2.05. The Bertz CT molecular complexity index is 286. The van der Waals surface area contributed by atoms with Crippen LogP contribution < -0.4 is 16.2 Å². The van der Waals surface area contributed by atoms with Gasteiger partial charge in [-0.3, -0.25) is 10.5 Å². The van der Waals surface area contributed by atoms with Gasteiger partial charge in [0.25, 0.3) is 5.91 Å². The van der Waals surface area contributed by atoms with Crippen molar-refractivity contribution in [2.75, 3.05) is 6.73 Å². The van der Waals surface area contributed by atoms with Gasteiger partial charge < -0.3 is 10.5 Å². The van der Waals surface area contributed by atoms with E-state index in [-0.39, 0.29) is 6.73 Å². The van der Waals surface area contributed by atoms with Gasteiger partial charge in [-0.25, -0.2) is 0 Å². The molecule has 0 aliphatic carbocycles. The third kappa shape index (κ3) is 1.73. The Morgan fingerprint density at radius 3 is 2.67 bits per heavy atom. The summed E-state index contributed by atoms with van der Waals surface area (Å²) in [5.41, 5.74) is 10.6. The Morgan fingerprint density at radius 1 is 1.42 bits per heavy atom. The highest BCUT2D eigenvalue weighted by atomic mass is 16.5. The van der Waals surface area contributed by atoms with Gasteiger partial charge in [-0.2, -0.15) is 0 Å². The SMILES string of the molecule is NCOc1ccccc1C(N)=O. The van der Waals surface area contributed by atoms with Gasteiger partial charge in [0.15, 0.2) is 0 Å². The minimum absolute atomic E-state index is 0.0320. The molecular formula is C8H10N2O2. The molecule has 0 heterocycles. The normalized spacial score (nSPS) is 9.42. The monoisotopic (exact) mass is 166 g/mol. The van der Waals surface area contributed by atoms with Gasteiger partial charge in [0.05, 0.1) is 5.56 Å². The lowest BCUT2D eigenvalue weighted by Crippen LogP contribution is -2.15. The number of ether oxygens (including phenoxy) is 1. The molecule has 0 aromatic heterocycles. The predicted octanol–water partition coefficient (Wildman–Crippen LogP) is 0.0805. The first-order valence-corrected chi connectivity index (χ1v) is 3.47. The second kappa shape index (κ2) is 3.73. The van der Waals surface area contributed by atoms with Crippen molar-refractivity contribution in [1.29, 1.82) is 0 Å². The highest BCUT2D eigenvalue weighted by molar-refractivity contribution is 5.95. The van der Waals surface area contributed by atoms with Gasteiger partial charge >= 0.3 is 0 Å². The van der Waals surface area contributed by atoms with Crippen LogP contribution in [0.2, 0.25) is 0 Å². The maximum atomic E-state index is 10.8. The molecule has 0 spiro atoms. The van der Waals surface area contributed by atoms with Crippen molar-refractivity contribution in [2.24, 2.45) is 11.5 Å². The Labute approximate surface area is 70.1 Å². The number of hydrogen-bond acceptors (Lipinski definition) is 3. The fourth-order valence-corrected chi connectivity index (χ4v) is 0.886. The summed E-state index contributed by atoms with van der Waals surface area (Å²) in [5, 5.41) is 0. The molecule has 0 unspecified atom stereocenters. The molecular weight excluding hydrogens is 156 g/mol. The van der Waals surface area contributed by atoms with Crippen LogP contribution in [0.1, 0.15) is 10.4 Å². The molecule has 64 valence electrons. The molecule has 0 saturated heterocycles. The van der Waals surface area contributed by atoms with Crippen molar-refractivity contribution in [3.63, 3.8) is 0 Å². The molecule has 0 atom stereocenters. The van der Waals surface area contributed by atoms with Crippen LogP contribution in [0.4, 0.5) is 0 Å². The Morgan fingerprint density at radius 2 is 2.08 bits per heavy atom. The van der Waals surface area contributed by atoms with Crippen LogP contribution in [0, 0.1) is 0 Å². The molecule has 12 heavy (non-hydrogen) atoms. The van der Waals surface area contributed by atoms with Crippen LogP contribution >= 0.6 is 0 Å². The molecule has 1 aromatic carbocycles. The van der Waals surface area contributed by atoms with E-state index < -0.39 is 5.91 Å². The number of primary amides is 1. The number of carbonyl (C=O) groups excluding carboxylic acids is 1. The van der Waals surface area contributed by atoms with Crippen LogP contribution in [0.3, 0.4) is 0 Å². The van der Waals surface area contributed by atoms with Crippen LogP contribution in [0.25, 0.3) is 0 Å². The van der Waals surface area contributed by atoms with Gasteiger partial charge in [0.2, 0.25) is 0 Å². The standard InChI is InChI=1S/C8H10N2O2/c9-5-12-7-4-2-1-3-6(7)8(10)11/h1-4H,5,9H2,(H2,10,11). The first kappa shape index (κ1) is 8.55. The van der Waals surface area contributed by atoms with E-state index in [1.807, 2.05) is 0 Å². The second-order valence-corrected chi connectivity index (χ2v) is 2.17. The van der Waals surface area contributed by atoms with E-state index in [2.05, 4.69) is 0 Å². The van der Waals surface area contributed by atoms with Crippen molar-refractivity contribution in [1.82, 2.24) is 0 Å². The second-order valence-electron chi connectivity index (χ2n) is 2.17. The molecule has 0 radical (unpaired) electrons. The van der Waals surface area contributed by atoms with Crippen molar-refractivity contribution >= 4 is 5.91 Å². The Balaban J connectivity index is 3.00. The molecule has 0 fully saturated rings. The van der Waals surface area contributed by atoms with E-state index in [9.17, 15) is 4.79 Å². The molecule has 1 amide bonds. The fourth-order valence-electron chi connectivity index (χ4n) is 0.886. The maximum absolute atomic E-state index is 10.8. The molecule has 4 nitrogen and oxygen atoms in total. The first-order valence-electron chi connectivity index (χ1n) is 3.47. The summed E-state index contributed by atoms with van der Waals surface area (Å²) < 4.78 is 4.98. The van der Waals surface area contributed by atoms with Gasteiger partial charge in [-0.05, 0) is 12.1 Å². The Hall–Kier alpha value is -1.55. The summed E-state index contributed by atoms with van der Waals surface area (Å²) in [5.74, 6) is -0.0912.